The van der Waals surface area contributed by atoms with Crippen LogP contribution >= 0.6 is 11.6 Å². The van der Waals surface area contributed by atoms with E-state index in [1.54, 1.807) is 6.07 Å². The molecule has 2 rings (SSSR count). The smallest absolute Gasteiger partial charge is 0.255 e. The highest BCUT2D eigenvalue weighted by Gasteiger charge is 2.12. The predicted octanol–water partition coefficient (Wildman–Crippen LogP) is 3.61. The Morgan fingerprint density at radius 1 is 1.33 bits per heavy atom. The molecule has 0 bridgehead atoms. The molecule has 0 saturated carbocycles. The van der Waals surface area contributed by atoms with E-state index in [0.29, 0.717) is 10.7 Å². The number of hydrogen-bond acceptors (Lipinski definition) is 3. The van der Waals surface area contributed by atoms with Crippen LogP contribution in [0.4, 0.5) is 10.1 Å². The molecule has 2 aromatic rings. The number of hydrogen-bond donors (Lipinski definition) is 1. The summed E-state index contributed by atoms with van der Waals surface area (Å²) in [7, 11) is 1.31. The minimum absolute atomic E-state index is 0.0331. The van der Waals surface area contributed by atoms with Gasteiger partial charge >= 0.3 is 0 Å². The first kappa shape index (κ1) is 14.8. The topological polar surface area (TPSA) is 62.1 Å². The Balaban J connectivity index is 2.30. The lowest BCUT2D eigenvalue weighted by atomic mass is 10.1. The molecule has 0 radical (unpaired) electrons. The van der Waals surface area contributed by atoms with Crippen LogP contribution < -0.4 is 10.1 Å². The maximum absolute atomic E-state index is 13.3. The number of anilines is 1. The van der Waals surface area contributed by atoms with E-state index in [-0.39, 0.29) is 16.9 Å². The van der Waals surface area contributed by atoms with Crippen LogP contribution in [0.5, 0.6) is 5.75 Å². The SMILES string of the molecule is COc1cc(C(=O)Nc2cc(Cl)ccc2C#N)ccc1F. The molecule has 6 heteroatoms. The molecule has 0 atom stereocenters. The summed E-state index contributed by atoms with van der Waals surface area (Å²) in [4.78, 5) is 12.1. The van der Waals surface area contributed by atoms with Crippen molar-refractivity contribution in [3.63, 3.8) is 0 Å². The van der Waals surface area contributed by atoms with Crippen LogP contribution in [0.3, 0.4) is 0 Å². The normalized spacial score (nSPS) is 9.81. The van der Waals surface area contributed by atoms with Crippen LogP contribution in [0.1, 0.15) is 15.9 Å². The molecular formula is C15H10ClFN2O2. The summed E-state index contributed by atoms with van der Waals surface area (Å²) in [6.07, 6.45) is 0. The maximum atomic E-state index is 13.3. The number of nitrogens with zero attached hydrogens (tertiary/aromatic N) is 1. The number of nitriles is 1. The number of ether oxygens (including phenoxy) is 1. The van der Waals surface area contributed by atoms with Gasteiger partial charge in [0.2, 0.25) is 0 Å². The van der Waals surface area contributed by atoms with Crippen molar-refractivity contribution in [2.75, 3.05) is 12.4 Å². The first-order valence-electron chi connectivity index (χ1n) is 5.89. The van der Waals surface area contributed by atoms with Crippen molar-refractivity contribution in [3.05, 3.63) is 58.4 Å². The fourth-order valence-electron chi connectivity index (χ4n) is 1.71. The Hall–Kier alpha value is -2.58. The highest BCUT2D eigenvalue weighted by atomic mass is 35.5. The number of nitrogens with one attached hydrogen (secondary N) is 1. The minimum Gasteiger partial charge on any atom is -0.494 e. The van der Waals surface area contributed by atoms with Gasteiger partial charge in [-0.05, 0) is 36.4 Å². The van der Waals surface area contributed by atoms with Crippen LogP contribution in [0.25, 0.3) is 0 Å². The predicted molar refractivity (Wildman–Crippen MR) is 77.1 cm³/mol. The standard InChI is InChI=1S/C15H10ClFN2O2/c1-21-14-6-9(3-5-12(14)17)15(20)19-13-7-11(16)4-2-10(13)8-18/h2-7H,1H3,(H,19,20). The second-order valence-electron chi connectivity index (χ2n) is 4.11. The average molecular weight is 305 g/mol. The average Bonchev–Trinajstić information content (AvgIpc) is 2.48. The number of halogens is 2. The van der Waals surface area contributed by atoms with Crippen molar-refractivity contribution in [1.29, 1.82) is 5.26 Å². The van der Waals surface area contributed by atoms with Gasteiger partial charge in [0.1, 0.15) is 6.07 Å². The Bertz CT molecular complexity index is 741. The molecule has 0 heterocycles. The number of amides is 1. The van der Waals surface area contributed by atoms with Crippen LogP contribution in [-0.2, 0) is 0 Å². The molecule has 1 amide bonds. The van der Waals surface area contributed by atoms with E-state index < -0.39 is 11.7 Å². The van der Waals surface area contributed by atoms with Gasteiger partial charge < -0.3 is 10.1 Å². The number of carbonyl (C=O) groups excluding carboxylic acids is 1. The fraction of sp³-hybridized carbons (Fsp3) is 0.0667. The first-order valence-corrected chi connectivity index (χ1v) is 6.27. The Morgan fingerprint density at radius 2 is 2.10 bits per heavy atom. The van der Waals surface area contributed by atoms with Crippen molar-refractivity contribution in [1.82, 2.24) is 0 Å². The van der Waals surface area contributed by atoms with Gasteiger partial charge in [0.25, 0.3) is 5.91 Å². The van der Waals surface area contributed by atoms with Crippen LogP contribution in [0.15, 0.2) is 36.4 Å². The summed E-state index contributed by atoms with van der Waals surface area (Å²) in [6, 6.07) is 10.2. The van der Waals surface area contributed by atoms with Crippen molar-refractivity contribution >= 4 is 23.2 Å². The lowest BCUT2D eigenvalue weighted by Crippen LogP contribution is -2.13. The van der Waals surface area contributed by atoms with Crippen molar-refractivity contribution in [2.24, 2.45) is 0 Å². The molecule has 0 aliphatic heterocycles. The summed E-state index contributed by atoms with van der Waals surface area (Å²) in [6.45, 7) is 0. The highest BCUT2D eigenvalue weighted by Crippen LogP contribution is 2.23. The quantitative estimate of drug-likeness (QED) is 0.942. The number of rotatable bonds is 3. The van der Waals surface area contributed by atoms with E-state index in [9.17, 15) is 9.18 Å². The van der Waals surface area contributed by atoms with Gasteiger partial charge in [0.15, 0.2) is 11.6 Å². The Morgan fingerprint density at radius 3 is 2.76 bits per heavy atom. The summed E-state index contributed by atoms with van der Waals surface area (Å²) >= 11 is 5.84. The second kappa shape index (κ2) is 6.25. The molecule has 0 aliphatic rings. The van der Waals surface area contributed by atoms with Gasteiger partial charge in [-0.3, -0.25) is 4.79 Å². The molecular weight excluding hydrogens is 295 g/mol. The molecule has 4 nitrogen and oxygen atoms in total. The van der Waals surface area contributed by atoms with E-state index in [2.05, 4.69) is 5.32 Å². The summed E-state index contributed by atoms with van der Waals surface area (Å²) in [5, 5.41) is 12.0. The van der Waals surface area contributed by atoms with E-state index in [1.165, 1.54) is 31.4 Å². The van der Waals surface area contributed by atoms with E-state index in [4.69, 9.17) is 21.6 Å². The molecule has 0 spiro atoms. The molecule has 0 saturated heterocycles. The number of methoxy groups -OCH3 is 1. The molecule has 0 aromatic heterocycles. The lowest BCUT2D eigenvalue weighted by molar-refractivity contribution is 0.102. The molecule has 21 heavy (non-hydrogen) atoms. The summed E-state index contributed by atoms with van der Waals surface area (Å²) < 4.78 is 18.1. The van der Waals surface area contributed by atoms with Crippen LogP contribution in [0, 0.1) is 17.1 Å². The molecule has 106 valence electrons. The van der Waals surface area contributed by atoms with E-state index in [1.807, 2.05) is 6.07 Å². The van der Waals surface area contributed by atoms with Gasteiger partial charge in [-0.1, -0.05) is 11.6 Å². The maximum Gasteiger partial charge on any atom is 0.255 e. The third-order valence-electron chi connectivity index (χ3n) is 2.76. The minimum atomic E-state index is -0.561. The first-order chi connectivity index (χ1) is 10.0. The van der Waals surface area contributed by atoms with Gasteiger partial charge in [0.05, 0.1) is 18.4 Å². The summed E-state index contributed by atoms with van der Waals surface area (Å²) in [5.41, 5.74) is 0.775. The highest BCUT2D eigenvalue weighted by molar-refractivity contribution is 6.31. The fourth-order valence-corrected chi connectivity index (χ4v) is 1.88. The van der Waals surface area contributed by atoms with Crippen LogP contribution in [0.2, 0.25) is 5.02 Å². The van der Waals surface area contributed by atoms with Gasteiger partial charge in [0, 0.05) is 10.6 Å². The Kier molecular flexibility index (Phi) is 4.41. The van der Waals surface area contributed by atoms with Gasteiger partial charge in [-0.25, -0.2) is 4.39 Å². The van der Waals surface area contributed by atoms with Gasteiger partial charge in [-0.15, -0.1) is 0 Å². The molecule has 0 aliphatic carbocycles. The van der Waals surface area contributed by atoms with Crippen LogP contribution in [-0.4, -0.2) is 13.0 Å². The number of carbonyl (C=O) groups is 1. The third kappa shape index (κ3) is 3.30. The Labute approximate surface area is 125 Å². The van der Waals surface area contributed by atoms with E-state index in [0.717, 1.165) is 6.07 Å². The molecule has 0 fully saturated rings. The largest absolute Gasteiger partial charge is 0.494 e. The molecule has 2 aromatic carbocycles. The van der Waals surface area contributed by atoms with Crippen molar-refractivity contribution in [2.45, 2.75) is 0 Å². The zero-order valence-electron chi connectivity index (χ0n) is 11.0. The van der Waals surface area contributed by atoms with Crippen molar-refractivity contribution < 1.29 is 13.9 Å². The zero-order valence-corrected chi connectivity index (χ0v) is 11.7. The zero-order chi connectivity index (χ0) is 15.4. The number of benzene rings is 2. The summed E-state index contributed by atoms with van der Waals surface area (Å²) in [5.74, 6) is -1.09. The third-order valence-corrected chi connectivity index (χ3v) is 3.00. The monoisotopic (exact) mass is 304 g/mol. The second-order valence-corrected chi connectivity index (χ2v) is 4.54. The van der Waals surface area contributed by atoms with E-state index >= 15 is 0 Å². The van der Waals surface area contributed by atoms with Crippen molar-refractivity contribution in [3.8, 4) is 11.8 Å². The molecule has 0 unspecified atom stereocenters. The lowest BCUT2D eigenvalue weighted by Gasteiger charge is -2.09. The van der Waals surface area contributed by atoms with Gasteiger partial charge in [-0.2, -0.15) is 5.26 Å². The molecule has 1 N–H and O–H groups in total.